The molecule has 1 heterocycles. The van der Waals surface area contributed by atoms with Gasteiger partial charge in [0.1, 0.15) is 17.2 Å². The van der Waals surface area contributed by atoms with Crippen LogP contribution in [0.25, 0.3) is 0 Å². The molecular weight excluding hydrogens is 250 g/mol. The van der Waals surface area contributed by atoms with Crippen LogP contribution in [0.15, 0.2) is 12.1 Å². The van der Waals surface area contributed by atoms with Crippen molar-refractivity contribution in [2.24, 2.45) is 0 Å². The van der Waals surface area contributed by atoms with Gasteiger partial charge in [0.2, 0.25) is 0 Å². The Morgan fingerprint density at radius 3 is 2.89 bits per heavy atom. The van der Waals surface area contributed by atoms with E-state index in [0.717, 1.165) is 38.4 Å². The van der Waals surface area contributed by atoms with Gasteiger partial charge in [-0.3, -0.25) is 4.79 Å². The van der Waals surface area contributed by atoms with Gasteiger partial charge in [0.05, 0.1) is 0 Å². The van der Waals surface area contributed by atoms with E-state index in [1.165, 1.54) is 13.0 Å². The van der Waals surface area contributed by atoms with Gasteiger partial charge in [-0.25, -0.2) is 8.78 Å². The smallest absolute Gasteiger partial charge is 0.257 e. The third-order valence-electron chi connectivity index (χ3n) is 3.42. The van der Waals surface area contributed by atoms with Crippen molar-refractivity contribution in [3.05, 3.63) is 34.9 Å². The van der Waals surface area contributed by atoms with E-state index in [0.29, 0.717) is 0 Å². The molecule has 1 saturated heterocycles. The number of hydrogen-bond acceptors (Lipinski definition) is 2. The molecular formula is C14H18F2N2O. The van der Waals surface area contributed by atoms with Gasteiger partial charge < -0.3 is 10.6 Å². The molecule has 2 N–H and O–H groups in total. The van der Waals surface area contributed by atoms with Gasteiger partial charge in [-0.05, 0) is 50.9 Å². The molecule has 0 radical (unpaired) electrons. The zero-order valence-electron chi connectivity index (χ0n) is 10.9. The lowest BCUT2D eigenvalue weighted by Gasteiger charge is -2.16. The zero-order valence-corrected chi connectivity index (χ0v) is 10.9. The van der Waals surface area contributed by atoms with Crippen LogP contribution in [0.3, 0.4) is 0 Å². The van der Waals surface area contributed by atoms with Crippen LogP contribution < -0.4 is 10.6 Å². The van der Waals surface area contributed by atoms with Crippen LogP contribution in [0.5, 0.6) is 0 Å². The second-order valence-corrected chi connectivity index (χ2v) is 4.90. The van der Waals surface area contributed by atoms with Gasteiger partial charge in [-0.1, -0.05) is 6.07 Å². The van der Waals surface area contributed by atoms with Gasteiger partial charge in [-0.15, -0.1) is 0 Å². The van der Waals surface area contributed by atoms with Gasteiger partial charge in [0, 0.05) is 6.04 Å². The van der Waals surface area contributed by atoms with E-state index < -0.39 is 23.1 Å². The summed E-state index contributed by atoms with van der Waals surface area (Å²) in [6.45, 7) is 3.24. The molecule has 1 aliphatic rings. The summed E-state index contributed by atoms with van der Waals surface area (Å²) in [6, 6.07) is 2.43. The van der Waals surface area contributed by atoms with E-state index in [1.54, 1.807) is 0 Å². The molecule has 5 heteroatoms. The first kappa shape index (κ1) is 13.9. The summed E-state index contributed by atoms with van der Waals surface area (Å²) in [5, 5.41) is 5.95. The zero-order chi connectivity index (χ0) is 13.8. The summed E-state index contributed by atoms with van der Waals surface area (Å²) < 4.78 is 27.4. The summed E-state index contributed by atoms with van der Waals surface area (Å²) in [5.74, 6) is -2.25. The Kier molecular flexibility index (Phi) is 4.47. The first-order chi connectivity index (χ1) is 9.09. The molecule has 19 heavy (non-hydrogen) atoms. The van der Waals surface area contributed by atoms with Gasteiger partial charge >= 0.3 is 0 Å². The van der Waals surface area contributed by atoms with E-state index in [9.17, 15) is 13.6 Å². The number of carbonyl (C=O) groups excluding carboxylic acids is 1. The number of halogens is 2. The molecule has 2 rings (SSSR count). The minimum atomic E-state index is -0.813. The standard InChI is InChI=1S/C14H18F2N2O/c1-9-4-5-11(15)12(13(9)16)14(19)18-10-3-2-7-17-8-6-10/h4-5,10,17H,2-3,6-8H2,1H3,(H,18,19). The normalized spacial score (nSPS) is 19.8. The quantitative estimate of drug-likeness (QED) is 0.863. The molecule has 0 spiro atoms. The van der Waals surface area contributed by atoms with Crippen molar-refractivity contribution in [1.82, 2.24) is 10.6 Å². The topological polar surface area (TPSA) is 41.1 Å². The van der Waals surface area contributed by atoms with Gasteiger partial charge in [0.15, 0.2) is 0 Å². The Morgan fingerprint density at radius 1 is 1.32 bits per heavy atom. The third-order valence-corrected chi connectivity index (χ3v) is 3.42. The lowest BCUT2D eigenvalue weighted by atomic mass is 10.1. The lowest BCUT2D eigenvalue weighted by Crippen LogP contribution is -2.36. The van der Waals surface area contributed by atoms with Crippen LogP contribution in [-0.2, 0) is 0 Å². The lowest BCUT2D eigenvalue weighted by molar-refractivity contribution is 0.0925. The largest absolute Gasteiger partial charge is 0.349 e. The Bertz CT molecular complexity index is 469. The van der Waals surface area contributed by atoms with Crippen molar-refractivity contribution in [2.45, 2.75) is 32.2 Å². The number of hydrogen-bond donors (Lipinski definition) is 2. The molecule has 1 amide bonds. The first-order valence-electron chi connectivity index (χ1n) is 6.56. The van der Waals surface area contributed by atoms with Crippen LogP contribution >= 0.6 is 0 Å². The highest BCUT2D eigenvalue weighted by Crippen LogP contribution is 2.17. The molecule has 1 aromatic rings. The number of nitrogens with one attached hydrogen (secondary N) is 2. The predicted octanol–water partition coefficient (Wildman–Crippen LogP) is 2.15. The first-order valence-corrected chi connectivity index (χ1v) is 6.56. The number of rotatable bonds is 2. The monoisotopic (exact) mass is 268 g/mol. The molecule has 1 aliphatic heterocycles. The number of aryl methyl sites for hydroxylation is 1. The molecule has 1 fully saturated rings. The highest BCUT2D eigenvalue weighted by atomic mass is 19.1. The van der Waals surface area contributed by atoms with Crippen LogP contribution in [0.2, 0.25) is 0 Å². The Labute approximate surface area is 111 Å². The van der Waals surface area contributed by atoms with E-state index in [2.05, 4.69) is 10.6 Å². The molecule has 0 aromatic heterocycles. The predicted molar refractivity (Wildman–Crippen MR) is 69.1 cm³/mol. The summed E-state index contributed by atoms with van der Waals surface area (Å²) in [4.78, 5) is 12.0. The van der Waals surface area contributed by atoms with Crippen molar-refractivity contribution in [1.29, 1.82) is 0 Å². The van der Waals surface area contributed by atoms with Gasteiger partial charge in [-0.2, -0.15) is 0 Å². The maximum atomic E-state index is 13.8. The van der Waals surface area contributed by atoms with Crippen molar-refractivity contribution < 1.29 is 13.6 Å². The summed E-state index contributed by atoms with van der Waals surface area (Å²) in [6.07, 6.45) is 2.55. The molecule has 1 aromatic carbocycles. The second kappa shape index (κ2) is 6.10. The summed E-state index contributed by atoms with van der Waals surface area (Å²) >= 11 is 0. The Balaban J connectivity index is 2.13. The van der Waals surface area contributed by atoms with E-state index in [4.69, 9.17) is 0 Å². The number of benzene rings is 1. The van der Waals surface area contributed by atoms with Crippen molar-refractivity contribution in [3.8, 4) is 0 Å². The van der Waals surface area contributed by atoms with E-state index in [-0.39, 0.29) is 11.6 Å². The van der Waals surface area contributed by atoms with Crippen molar-refractivity contribution >= 4 is 5.91 Å². The third kappa shape index (κ3) is 3.29. The van der Waals surface area contributed by atoms with Gasteiger partial charge in [0.25, 0.3) is 5.91 Å². The van der Waals surface area contributed by atoms with Crippen LogP contribution in [0.1, 0.15) is 35.2 Å². The molecule has 104 valence electrons. The summed E-state index contributed by atoms with van der Waals surface area (Å²) in [7, 11) is 0. The molecule has 3 nitrogen and oxygen atoms in total. The average Bonchev–Trinajstić information content (AvgIpc) is 2.63. The minimum Gasteiger partial charge on any atom is -0.349 e. The average molecular weight is 268 g/mol. The van der Waals surface area contributed by atoms with Crippen LogP contribution in [0, 0.1) is 18.6 Å². The Hall–Kier alpha value is -1.49. The summed E-state index contributed by atoms with van der Waals surface area (Å²) in [5.41, 5.74) is -0.203. The maximum absolute atomic E-state index is 13.8. The highest BCUT2D eigenvalue weighted by molar-refractivity contribution is 5.95. The maximum Gasteiger partial charge on any atom is 0.257 e. The van der Waals surface area contributed by atoms with Crippen molar-refractivity contribution in [3.63, 3.8) is 0 Å². The fourth-order valence-corrected chi connectivity index (χ4v) is 2.29. The van der Waals surface area contributed by atoms with Crippen LogP contribution in [-0.4, -0.2) is 25.0 Å². The molecule has 1 atom stereocenters. The second-order valence-electron chi connectivity index (χ2n) is 4.90. The number of carbonyl (C=O) groups is 1. The van der Waals surface area contributed by atoms with E-state index >= 15 is 0 Å². The molecule has 1 unspecified atom stereocenters. The SMILES string of the molecule is Cc1ccc(F)c(C(=O)NC2CCCNCC2)c1F. The Morgan fingerprint density at radius 2 is 2.11 bits per heavy atom. The fraction of sp³-hybridized carbons (Fsp3) is 0.500. The minimum absolute atomic E-state index is 0.0261. The number of amides is 1. The molecule has 0 saturated carbocycles. The van der Waals surface area contributed by atoms with E-state index in [1.807, 2.05) is 0 Å². The van der Waals surface area contributed by atoms with Crippen LogP contribution in [0.4, 0.5) is 8.78 Å². The fourth-order valence-electron chi connectivity index (χ4n) is 2.29. The molecule has 0 bridgehead atoms. The molecule has 0 aliphatic carbocycles. The highest BCUT2D eigenvalue weighted by Gasteiger charge is 2.22. The van der Waals surface area contributed by atoms with Crippen molar-refractivity contribution in [2.75, 3.05) is 13.1 Å².